The number of anilines is 3. The highest BCUT2D eigenvalue weighted by Crippen LogP contribution is 2.55. The van der Waals surface area contributed by atoms with Gasteiger partial charge in [0.05, 0.1) is 21.8 Å². The van der Waals surface area contributed by atoms with Gasteiger partial charge < -0.3 is 25.2 Å². The normalized spacial score (nSPS) is 25.4. The van der Waals surface area contributed by atoms with E-state index in [0.717, 1.165) is 75.7 Å². The fourth-order valence-corrected chi connectivity index (χ4v) is 10.6. The van der Waals surface area contributed by atoms with Gasteiger partial charge in [0, 0.05) is 106 Å². The quantitative estimate of drug-likeness (QED) is 0.171. The number of nitrogens with zero attached hydrogens (tertiary/aromatic N) is 4. The van der Waals surface area contributed by atoms with E-state index in [1.807, 2.05) is 54.8 Å². The van der Waals surface area contributed by atoms with E-state index >= 15 is 4.39 Å². The first-order valence-electron chi connectivity index (χ1n) is 20.8. The van der Waals surface area contributed by atoms with Crippen LogP contribution in [0, 0.1) is 16.7 Å². The number of benzene rings is 3. The van der Waals surface area contributed by atoms with Gasteiger partial charge in [-0.25, -0.2) is 9.29 Å². The number of alkyl halides is 1. The highest BCUT2D eigenvalue weighted by Gasteiger charge is 2.64. The van der Waals surface area contributed by atoms with Crippen LogP contribution < -0.4 is 30.5 Å². The van der Waals surface area contributed by atoms with Crippen LogP contribution in [0.15, 0.2) is 60.7 Å². The summed E-state index contributed by atoms with van der Waals surface area (Å²) < 4.78 is 22.3. The van der Waals surface area contributed by atoms with Crippen molar-refractivity contribution in [2.45, 2.75) is 71.3 Å². The Morgan fingerprint density at radius 3 is 2.10 bits per heavy atom. The van der Waals surface area contributed by atoms with Crippen LogP contribution in [0.5, 0.6) is 5.75 Å². The summed E-state index contributed by atoms with van der Waals surface area (Å²) in [7, 11) is 1.83. The molecule has 15 heteroatoms. The summed E-state index contributed by atoms with van der Waals surface area (Å²) in [6, 6.07) is 18.3. The first-order chi connectivity index (χ1) is 28.5. The second-order valence-corrected chi connectivity index (χ2v) is 18.4. The van der Waals surface area contributed by atoms with Crippen molar-refractivity contribution < 1.29 is 33.1 Å². The van der Waals surface area contributed by atoms with E-state index in [9.17, 15) is 24.0 Å². The zero-order valence-corrected chi connectivity index (χ0v) is 35.5. The third kappa shape index (κ3) is 7.35. The minimum Gasteiger partial charge on any atom is -0.489 e. The molecule has 1 unspecified atom stereocenters. The van der Waals surface area contributed by atoms with Crippen LogP contribution in [0.25, 0.3) is 0 Å². The molecule has 0 bridgehead atoms. The number of hydrogen-bond donors (Lipinski definition) is 3. The van der Waals surface area contributed by atoms with E-state index in [1.165, 1.54) is 6.07 Å². The number of piperidine rings is 2. The average Bonchev–Trinajstić information content (AvgIpc) is 3.49. The molecule has 3 N–H and O–H groups in total. The molecule has 1 saturated carbocycles. The highest BCUT2D eigenvalue weighted by molar-refractivity contribution is 6.33. The molecule has 3 saturated heterocycles. The standard InChI is InChI=1S/C45H53ClFN7O6/c1-43(2)40(44(3,4)41(43)60-31-11-13-35(48-5)34(46)25-31)50-37(56)28-6-8-29(9-7-28)52-18-15-27(16-19-52)26-51-20-22-53(23-21-51)30-10-12-32-33(24-30)39(58)54(38(32)57)45(47)17-14-36(55)49-42(45)59/h6-13,24-25,27,40-41,48H,14-23,26H2,1-5H3,(H,50,56)(H,49,55,59). The van der Waals surface area contributed by atoms with Crippen LogP contribution >= 0.6 is 11.6 Å². The molecule has 13 nitrogen and oxygen atoms in total. The van der Waals surface area contributed by atoms with E-state index in [0.29, 0.717) is 27.2 Å². The number of piperazine rings is 1. The Kier molecular flexibility index (Phi) is 10.8. The summed E-state index contributed by atoms with van der Waals surface area (Å²) in [5.74, 6) is -5.42. The lowest BCUT2D eigenvalue weighted by Crippen LogP contribution is -2.74. The molecule has 318 valence electrons. The number of hydrogen-bond acceptors (Lipinski definition) is 10. The zero-order valence-electron chi connectivity index (χ0n) is 34.8. The number of ether oxygens (including phenoxy) is 1. The topological polar surface area (TPSA) is 144 Å². The smallest absolute Gasteiger partial charge is 0.285 e. The number of fused-ring (bicyclic) bond motifs is 1. The van der Waals surface area contributed by atoms with Crippen molar-refractivity contribution in [3.8, 4) is 5.75 Å². The van der Waals surface area contributed by atoms with Crippen molar-refractivity contribution in [1.82, 2.24) is 20.4 Å². The molecule has 0 radical (unpaired) electrons. The van der Waals surface area contributed by atoms with Crippen molar-refractivity contribution >= 4 is 58.2 Å². The van der Waals surface area contributed by atoms with E-state index in [-0.39, 0.29) is 46.4 Å². The molecule has 4 heterocycles. The van der Waals surface area contributed by atoms with Gasteiger partial charge in [-0.3, -0.25) is 34.2 Å². The Bertz CT molecular complexity index is 2200. The predicted octanol–water partition coefficient (Wildman–Crippen LogP) is 5.73. The predicted molar refractivity (Wildman–Crippen MR) is 227 cm³/mol. The number of rotatable bonds is 10. The molecular weight excluding hydrogens is 789 g/mol. The summed E-state index contributed by atoms with van der Waals surface area (Å²) in [4.78, 5) is 71.3. The fraction of sp³-hybridized carbons (Fsp3) is 0.489. The van der Waals surface area contributed by atoms with Crippen molar-refractivity contribution in [3.05, 3.63) is 82.4 Å². The summed E-state index contributed by atoms with van der Waals surface area (Å²) in [6.45, 7) is 14.5. The van der Waals surface area contributed by atoms with Crippen molar-refractivity contribution in [1.29, 1.82) is 0 Å². The van der Waals surface area contributed by atoms with E-state index in [4.69, 9.17) is 16.3 Å². The molecular formula is C45H53ClFN7O6. The molecule has 60 heavy (non-hydrogen) atoms. The number of carbonyl (C=O) groups excluding carboxylic acids is 5. The second-order valence-electron chi connectivity index (χ2n) is 18.0. The van der Waals surface area contributed by atoms with E-state index < -0.39 is 35.8 Å². The largest absolute Gasteiger partial charge is 0.489 e. The van der Waals surface area contributed by atoms with Gasteiger partial charge in [-0.1, -0.05) is 39.3 Å². The minimum absolute atomic E-state index is 0.0498. The number of carbonyl (C=O) groups is 5. The molecule has 4 aliphatic heterocycles. The Labute approximate surface area is 354 Å². The number of amides is 5. The monoisotopic (exact) mass is 841 g/mol. The molecule has 5 amide bonds. The van der Waals surface area contributed by atoms with Gasteiger partial charge in [-0.15, -0.1) is 0 Å². The second kappa shape index (κ2) is 15.7. The maximum absolute atomic E-state index is 15.8. The van der Waals surface area contributed by atoms with Crippen molar-refractivity contribution in [3.63, 3.8) is 0 Å². The molecule has 0 aromatic heterocycles. The Hall–Kier alpha value is -5.21. The van der Waals surface area contributed by atoms with Crippen LogP contribution in [-0.2, 0) is 9.59 Å². The number of imide groups is 2. The third-order valence-electron chi connectivity index (χ3n) is 13.5. The van der Waals surface area contributed by atoms with Crippen LogP contribution in [0.3, 0.4) is 0 Å². The van der Waals surface area contributed by atoms with Crippen LogP contribution in [-0.4, -0.2) is 110 Å². The molecule has 1 aliphatic carbocycles. The highest BCUT2D eigenvalue weighted by atomic mass is 35.5. The van der Waals surface area contributed by atoms with Gasteiger partial charge in [0.2, 0.25) is 5.91 Å². The summed E-state index contributed by atoms with van der Waals surface area (Å²) in [6.07, 6.45) is 1.12. The first-order valence-corrected chi connectivity index (χ1v) is 21.2. The van der Waals surface area contributed by atoms with Crippen molar-refractivity contribution in [2.24, 2.45) is 16.7 Å². The molecule has 3 aromatic carbocycles. The molecule has 8 rings (SSSR count). The molecule has 4 fully saturated rings. The van der Waals surface area contributed by atoms with Gasteiger partial charge in [-0.2, -0.15) is 0 Å². The summed E-state index contributed by atoms with van der Waals surface area (Å²) in [5.41, 5.74) is 2.81. The lowest BCUT2D eigenvalue weighted by atomic mass is 9.49. The van der Waals surface area contributed by atoms with Gasteiger partial charge in [0.25, 0.3) is 29.4 Å². The Morgan fingerprint density at radius 1 is 0.833 bits per heavy atom. The van der Waals surface area contributed by atoms with Gasteiger partial charge in [-0.05, 0) is 73.4 Å². The number of halogens is 2. The third-order valence-corrected chi connectivity index (χ3v) is 13.8. The summed E-state index contributed by atoms with van der Waals surface area (Å²) in [5, 5.41) is 8.88. The number of nitrogens with one attached hydrogen (secondary N) is 3. The maximum Gasteiger partial charge on any atom is 0.285 e. The van der Waals surface area contributed by atoms with Crippen LogP contribution in [0.4, 0.5) is 21.5 Å². The lowest BCUT2D eigenvalue weighted by Gasteiger charge is -2.63. The van der Waals surface area contributed by atoms with Gasteiger partial charge in [0.15, 0.2) is 0 Å². The van der Waals surface area contributed by atoms with Crippen LogP contribution in [0.2, 0.25) is 5.02 Å². The minimum atomic E-state index is -2.91. The molecule has 0 spiro atoms. The van der Waals surface area contributed by atoms with Gasteiger partial charge >= 0.3 is 0 Å². The van der Waals surface area contributed by atoms with Gasteiger partial charge in [0.1, 0.15) is 11.9 Å². The molecule has 1 atom stereocenters. The van der Waals surface area contributed by atoms with E-state index in [2.05, 4.69) is 53.0 Å². The SMILES string of the molecule is CNc1ccc(OC2C(C)(C)C(NC(=O)c3ccc(N4CCC(CN5CCN(c6ccc7c(c6)C(=O)N(C6(F)CCC(=O)NC6=O)C7=O)CC5)CC4)cc3)C2(C)C)cc1Cl. The van der Waals surface area contributed by atoms with E-state index in [1.54, 1.807) is 12.1 Å². The summed E-state index contributed by atoms with van der Waals surface area (Å²) >= 11 is 6.41. The fourth-order valence-electron chi connectivity index (χ4n) is 10.3. The molecule has 3 aromatic rings. The lowest BCUT2D eigenvalue weighted by molar-refractivity contribution is -0.164. The Balaban J connectivity index is 0.793. The maximum atomic E-state index is 15.8. The van der Waals surface area contributed by atoms with Crippen LogP contribution in [0.1, 0.15) is 84.5 Å². The molecule has 5 aliphatic rings. The Morgan fingerprint density at radius 2 is 1.47 bits per heavy atom. The van der Waals surface area contributed by atoms with Crippen molar-refractivity contribution in [2.75, 3.05) is 68.0 Å². The zero-order chi connectivity index (χ0) is 42.7. The first kappa shape index (κ1) is 41.5. The average molecular weight is 842 g/mol.